The van der Waals surface area contributed by atoms with E-state index in [4.69, 9.17) is 6.42 Å². The molecule has 1 rings (SSSR count). The number of terminal acetylenes is 1. The molecule has 0 aliphatic carbocycles. The predicted molar refractivity (Wildman–Crippen MR) is 65.9 cm³/mol. The van der Waals surface area contributed by atoms with Crippen LogP contribution >= 0.6 is 0 Å². The molecule has 0 aromatic carbocycles. The second-order valence-electron chi connectivity index (χ2n) is 5.27. The van der Waals surface area contributed by atoms with Crippen molar-refractivity contribution in [1.82, 2.24) is 10.2 Å². The van der Waals surface area contributed by atoms with E-state index in [2.05, 4.69) is 30.0 Å². The first-order valence-corrected chi connectivity index (χ1v) is 5.96. The summed E-state index contributed by atoms with van der Waals surface area (Å²) in [5.74, 6) is 2.45. The number of amides is 1. The second-order valence-corrected chi connectivity index (χ2v) is 5.27. The molecule has 0 bridgehead atoms. The van der Waals surface area contributed by atoms with E-state index in [0.29, 0.717) is 18.5 Å². The smallest absolute Gasteiger partial charge is 0.234 e. The lowest BCUT2D eigenvalue weighted by atomic mass is 9.85. The maximum absolute atomic E-state index is 11.5. The van der Waals surface area contributed by atoms with Crippen LogP contribution in [0.25, 0.3) is 0 Å². The van der Waals surface area contributed by atoms with E-state index < -0.39 is 0 Å². The summed E-state index contributed by atoms with van der Waals surface area (Å²) in [6, 6.07) is 0. The number of nitrogens with one attached hydrogen (secondary N) is 1. The van der Waals surface area contributed by atoms with Crippen LogP contribution in [0.3, 0.4) is 0 Å². The summed E-state index contributed by atoms with van der Waals surface area (Å²) < 4.78 is 0. The molecule has 1 aliphatic rings. The molecule has 1 fully saturated rings. The Morgan fingerprint density at radius 3 is 2.88 bits per heavy atom. The first kappa shape index (κ1) is 13.1. The van der Waals surface area contributed by atoms with Crippen molar-refractivity contribution >= 4 is 5.91 Å². The monoisotopic (exact) mass is 222 g/mol. The van der Waals surface area contributed by atoms with Gasteiger partial charge in [-0.1, -0.05) is 19.8 Å². The van der Waals surface area contributed by atoms with Gasteiger partial charge in [-0.2, -0.15) is 0 Å². The van der Waals surface area contributed by atoms with Crippen molar-refractivity contribution in [2.24, 2.45) is 5.41 Å². The number of hydrogen-bond donors (Lipinski definition) is 1. The largest absolute Gasteiger partial charge is 0.344 e. The third kappa shape index (κ3) is 4.67. The molecule has 1 N–H and O–H groups in total. The minimum absolute atomic E-state index is 0.0395. The summed E-state index contributed by atoms with van der Waals surface area (Å²) in [5.41, 5.74) is 0.421. The van der Waals surface area contributed by atoms with E-state index in [-0.39, 0.29) is 5.91 Å². The summed E-state index contributed by atoms with van der Waals surface area (Å²) in [6.07, 6.45) is 8.68. The van der Waals surface area contributed by atoms with Gasteiger partial charge in [0.2, 0.25) is 5.91 Å². The molecule has 16 heavy (non-hydrogen) atoms. The average molecular weight is 222 g/mol. The quantitative estimate of drug-likeness (QED) is 0.729. The minimum Gasteiger partial charge on any atom is -0.344 e. The average Bonchev–Trinajstić information content (AvgIpc) is 2.37. The zero-order valence-corrected chi connectivity index (χ0v) is 10.4. The van der Waals surface area contributed by atoms with E-state index in [9.17, 15) is 4.79 Å². The Balaban J connectivity index is 2.33. The molecule has 0 radical (unpaired) electrons. The Hall–Kier alpha value is -1.01. The molecule has 1 aliphatic heterocycles. The highest BCUT2D eigenvalue weighted by atomic mass is 16.2. The van der Waals surface area contributed by atoms with Gasteiger partial charge in [0.1, 0.15) is 0 Å². The van der Waals surface area contributed by atoms with Crippen molar-refractivity contribution < 1.29 is 4.79 Å². The fraction of sp³-hybridized carbons (Fsp3) is 0.769. The van der Waals surface area contributed by atoms with Gasteiger partial charge in [0.15, 0.2) is 0 Å². The number of hydrogen-bond acceptors (Lipinski definition) is 2. The second kappa shape index (κ2) is 5.91. The maximum atomic E-state index is 11.5. The molecule has 0 saturated carbocycles. The number of nitrogens with zero attached hydrogens (tertiary/aromatic N) is 1. The van der Waals surface area contributed by atoms with Crippen molar-refractivity contribution in [3.8, 4) is 12.3 Å². The lowest BCUT2D eigenvalue weighted by Crippen LogP contribution is -2.38. The summed E-state index contributed by atoms with van der Waals surface area (Å²) in [7, 11) is 0. The highest BCUT2D eigenvalue weighted by Crippen LogP contribution is 2.29. The maximum Gasteiger partial charge on any atom is 0.234 e. The Labute approximate surface area is 98.6 Å². The van der Waals surface area contributed by atoms with Crippen LogP contribution in [0.1, 0.15) is 33.1 Å². The lowest BCUT2D eigenvalue weighted by molar-refractivity contribution is -0.122. The van der Waals surface area contributed by atoms with Gasteiger partial charge in [-0.05, 0) is 37.8 Å². The summed E-state index contributed by atoms with van der Waals surface area (Å²) in [6.45, 7) is 7.45. The van der Waals surface area contributed by atoms with E-state index in [1.807, 2.05) is 0 Å². The number of rotatable bonds is 3. The molecule has 1 heterocycles. The van der Waals surface area contributed by atoms with Gasteiger partial charge in [0.25, 0.3) is 0 Å². The fourth-order valence-corrected chi connectivity index (χ4v) is 2.05. The summed E-state index contributed by atoms with van der Waals surface area (Å²) >= 11 is 0. The Kier molecular flexibility index (Phi) is 4.82. The Morgan fingerprint density at radius 2 is 2.19 bits per heavy atom. The topological polar surface area (TPSA) is 32.3 Å². The van der Waals surface area contributed by atoms with Crippen LogP contribution in [0.5, 0.6) is 0 Å². The first-order valence-electron chi connectivity index (χ1n) is 5.96. The Morgan fingerprint density at radius 1 is 1.44 bits per heavy atom. The molecular weight excluding hydrogens is 200 g/mol. The van der Waals surface area contributed by atoms with Gasteiger partial charge in [0.05, 0.1) is 13.1 Å². The molecule has 1 amide bonds. The normalized spacial score (nSPS) is 20.8. The molecule has 0 atom stereocenters. The van der Waals surface area contributed by atoms with Gasteiger partial charge in [-0.15, -0.1) is 6.42 Å². The van der Waals surface area contributed by atoms with E-state index in [1.54, 1.807) is 0 Å². The van der Waals surface area contributed by atoms with Gasteiger partial charge >= 0.3 is 0 Å². The lowest BCUT2D eigenvalue weighted by Gasteiger charge is -2.22. The van der Waals surface area contributed by atoms with Crippen LogP contribution < -0.4 is 5.32 Å². The third-order valence-electron chi connectivity index (χ3n) is 3.19. The minimum atomic E-state index is 0.0395. The summed E-state index contributed by atoms with van der Waals surface area (Å²) in [5, 5.41) is 2.70. The third-order valence-corrected chi connectivity index (χ3v) is 3.19. The first-order chi connectivity index (χ1) is 7.53. The van der Waals surface area contributed by atoms with Crippen LogP contribution in [0.2, 0.25) is 0 Å². The van der Waals surface area contributed by atoms with Crippen LogP contribution in [0.4, 0.5) is 0 Å². The van der Waals surface area contributed by atoms with Crippen molar-refractivity contribution in [2.75, 3.05) is 26.2 Å². The number of carbonyl (C=O) groups excluding carboxylic acids is 1. The van der Waals surface area contributed by atoms with Crippen LogP contribution in [-0.2, 0) is 4.79 Å². The fourth-order valence-electron chi connectivity index (χ4n) is 2.05. The van der Waals surface area contributed by atoms with Crippen molar-refractivity contribution in [1.29, 1.82) is 0 Å². The molecule has 1 saturated heterocycles. The summed E-state index contributed by atoms with van der Waals surface area (Å²) in [4.78, 5) is 13.7. The molecule has 0 aromatic rings. The Bertz CT molecular complexity index is 278. The van der Waals surface area contributed by atoms with E-state index in [0.717, 1.165) is 19.5 Å². The SMILES string of the molecule is C#CCNC(=O)CN1CCCC(C)(C)CC1. The molecule has 0 aromatic heterocycles. The van der Waals surface area contributed by atoms with Gasteiger partial charge in [0, 0.05) is 0 Å². The molecule has 0 spiro atoms. The standard InChI is InChI=1S/C13H22N2O/c1-4-8-14-12(16)11-15-9-5-6-13(2,3)7-10-15/h1H,5-11H2,2-3H3,(H,14,16). The number of carbonyl (C=O) groups is 1. The molecule has 3 nitrogen and oxygen atoms in total. The highest BCUT2D eigenvalue weighted by molar-refractivity contribution is 5.78. The van der Waals surface area contributed by atoms with Crippen LogP contribution in [0, 0.1) is 17.8 Å². The van der Waals surface area contributed by atoms with Gasteiger partial charge < -0.3 is 5.32 Å². The van der Waals surface area contributed by atoms with Gasteiger partial charge in [-0.25, -0.2) is 0 Å². The van der Waals surface area contributed by atoms with E-state index in [1.165, 1.54) is 12.8 Å². The zero-order chi connectivity index (χ0) is 12.0. The van der Waals surface area contributed by atoms with E-state index >= 15 is 0 Å². The van der Waals surface area contributed by atoms with Crippen molar-refractivity contribution in [3.63, 3.8) is 0 Å². The zero-order valence-electron chi connectivity index (χ0n) is 10.4. The molecule has 90 valence electrons. The van der Waals surface area contributed by atoms with Crippen LogP contribution in [-0.4, -0.2) is 37.0 Å². The number of likely N-dealkylation sites (tertiary alicyclic amines) is 1. The van der Waals surface area contributed by atoms with Crippen LogP contribution in [0.15, 0.2) is 0 Å². The molecule has 0 unspecified atom stereocenters. The molecular formula is C13H22N2O. The predicted octanol–water partition coefficient (Wildman–Crippen LogP) is 1.25. The highest BCUT2D eigenvalue weighted by Gasteiger charge is 2.23. The van der Waals surface area contributed by atoms with Crippen molar-refractivity contribution in [3.05, 3.63) is 0 Å². The molecule has 3 heteroatoms. The van der Waals surface area contributed by atoms with Gasteiger partial charge in [-0.3, -0.25) is 9.69 Å². The van der Waals surface area contributed by atoms with Crippen molar-refractivity contribution in [2.45, 2.75) is 33.1 Å².